The number of hydrogen-bond donors (Lipinski definition) is 1. The molecule has 7 heteroatoms. The second-order valence-electron chi connectivity index (χ2n) is 5.53. The third kappa shape index (κ3) is 3.92. The van der Waals surface area contributed by atoms with Gasteiger partial charge in [0.05, 0.1) is 31.0 Å². The van der Waals surface area contributed by atoms with Crippen LogP contribution in [0.1, 0.15) is 25.5 Å². The summed E-state index contributed by atoms with van der Waals surface area (Å²) in [6, 6.07) is 0. The largest absolute Gasteiger partial charge is 0.378 e. The molecule has 0 spiro atoms. The van der Waals surface area contributed by atoms with Gasteiger partial charge in [-0.05, 0) is 25.8 Å². The molecule has 1 aliphatic heterocycles. The van der Waals surface area contributed by atoms with Crippen LogP contribution in [0, 0.1) is 0 Å². The van der Waals surface area contributed by atoms with Gasteiger partial charge < -0.3 is 9.64 Å². The summed E-state index contributed by atoms with van der Waals surface area (Å²) in [5, 5.41) is 7.06. The Balaban J connectivity index is 1.52. The maximum atomic E-state index is 11.9. The summed E-state index contributed by atoms with van der Waals surface area (Å²) in [7, 11) is 0. The summed E-state index contributed by atoms with van der Waals surface area (Å²) in [5.74, 6) is -0.121. The van der Waals surface area contributed by atoms with Gasteiger partial charge in [-0.25, -0.2) is 10.4 Å². The molecule has 3 rings (SSSR count). The van der Waals surface area contributed by atoms with Crippen LogP contribution >= 0.6 is 11.3 Å². The number of carbonyl (C=O) groups excluding carboxylic acids is 1. The number of morpholine rings is 1. The van der Waals surface area contributed by atoms with E-state index in [-0.39, 0.29) is 12.3 Å². The molecule has 1 aliphatic carbocycles. The van der Waals surface area contributed by atoms with E-state index in [9.17, 15) is 4.79 Å². The smallest absolute Gasteiger partial charge is 0.246 e. The van der Waals surface area contributed by atoms with Gasteiger partial charge >= 0.3 is 0 Å². The van der Waals surface area contributed by atoms with Crippen LogP contribution in [0.4, 0.5) is 5.13 Å². The lowest BCUT2D eigenvalue weighted by atomic mass is 10.3. The van der Waals surface area contributed by atoms with Gasteiger partial charge in [-0.1, -0.05) is 5.57 Å². The first-order valence-electron chi connectivity index (χ1n) is 7.50. The normalized spacial score (nSPS) is 20.3. The molecule has 1 saturated heterocycles. The first-order chi connectivity index (χ1) is 10.7. The van der Waals surface area contributed by atoms with Crippen molar-refractivity contribution in [3.63, 3.8) is 0 Å². The summed E-state index contributed by atoms with van der Waals surface area (Å²) in [5.41, 5.74) is 5.66. The van der Waals surface area contributed by atoms with Crippen LogP contribution in [0.25, 0.3) is 0 Å². The maximum absolute atomic E-state index is 11.9. The van der Waals surface area contributed by atoms with Gasteiger partial charge in [-0.15, -0.1) is 11.3 Å². The monoisotopic (exact) mass is 320 g/mol. The van der Waals surface area contributed by atoms with Crippen LogP contribution < -0.4 is 10.3 Å². The number of nitrogens with one attached hydrogen (secondary N) is 1. The number of aromatic nitrogens is 1. The fourth-order valence-electron chi connectivity index (χ4n) is 2.46. The topological polar surface area (TPSA) is 66.8 Å². The highest BCUT2D eigenvalue weighted by Crippen LogP contribution is 2.21. The molecule has 6 nitrogen and oxygen atoms in total. The Kier molecular flexibility index (Phi) is 4.84. The Labute approximate surface area is 133 Å². The van der Waals surface area contributed by atoms with Crippen molar-refractivity contribution < 1.29 is 9.53 Å². The minimum Gasteiger partial charge on any atom is -0.378 e. The number of hydrogen-bond acceptors (Lipinski definition) is 6. The van der Waals surface area contributed by atoms with Crippen LogP contribution in [0.15, 0.2) is 22.1 Å². The summed E-state index contributed by atoms with van der Waals surface area (Å²) >= 11 is 1.58. The Hall–Kier alpha value is -1.73. The highest BCUT2D eigenvalue weighted by molar-refractivity contribution is 7.13. The number of hydrazone groups is 1. The number of ether oxygens (including phenoxy) is 1. The van der Waals surface area contributed by atoms with Gasteiger partial charge in [0, 0.05) is 18.5 Å². The summed E-state index contributed by atoms with van der Waals surface area (Å²) < 4.78 is 5.33. The van der Waals surface area contributed by atoms with E-state index in [4.69, 9.17) is 4.74 Å². The van der Waals surface area contributed by atoms with Crippen molar-refractivity contribution in [3.8, 4) is 0 Å². The molecule has 0 atom stereocenters. The van der Waals surface area contributed by atoms with Gasteiger partial charge in [0.15, 0.2) is 5.13 Å². The molecule has 118 valence electrons. The van der Waals surface area contributed by atoms with E-state index < -0.39 is 0 Å². The van der Waals surface area contributed by atoms with Gasteiger partial charge in [-0.3, -0.25) is 4.79 Å². The molecular weight excluding hydrogens is 300 g/mol. The Morgan fingerprint density at radius 3 is 3.00 bits per heavy atom. The van der Waals surface area contributed by atoms with Crippen molar-refractivity contribution in [2.24, 2.45) is 5.10 Å². The lowest BCUT2D eigenvalue weighted by Gasteiger charge is -2.26. The summed E-state index contributed by atoms with van der Waals surface area (Å²) in [6.07, 6.45) is 4.23. The van der Waals surface area contributed by atoms with Gasteiger partial charge in [-0.2, -0.15) is 5.10 Å². The molecule has 1 amide bonds. The van der Waals surface area contributed by atoms with Crippen molar-refractivity contribution >= 4 is 28.1 Å². The van der Waals surface area contributed by atoms with Gasteiger partial charge in [0.2, 0.25) is 5.91 Å². The SMILES string of the molecule is CC1=C/C(=N/NC(=O)Cc2csc(N3CCOCC3)n2)CC1. The third-order valence-corrected chi connectivity index (χ3v) is 4.63. The molecular formula is C15H20N4O2S. The number of anilines is 1. The standard InChI is InChI=1S/C15H20N4O2S/c1-11-2-3-12(8-11)17-18-14(20)9-13-10-22-15(16-13)19-4-6-21-7-5-19/h8,10H,2-7,9H2,1H3,(H,18,20)/b17-12+. The molecule has 2 aliphatic rings. The quantitative estimate of drug-likeness (QED) is 0.858. The van der Waals surface area contributed by atoms with Crippen LogP contribution in [-0.2, 0) is 16.0 Å². The lowest BCUT2D eigenvalue weighted by molar-refractivity contribution is -0.120. The molecule has 1 fully saturated rings. The van der Waals surface area contributed by atoms with E-state index in [0.717, 1.165) is 55.7 Å². The zero-order valence-electron chi connectivity index (χ0n) is 12.7. The molecule has 1 aromatic heterocycles. The molecule has 0 bridgehead atoms. The van der Waals surface area contributed by atoms with E-state index in [1.807, 2.05) is 11.5 Å². The van der Waals surface area contributed by atoms with Crippen LogP contribution in [-0.4, -0.2) is 42.9 Å². The number of rotatable bonds is 4. The average molecular weight is 320 g/mol. The Morgan fingerprint density at radius 2 is 2.27 bits per heavy atom. The fourth-order valence-corrected chi connectivity index (χ4v) is 3.34. The van der Waals surface area contributed by atoms with E-state index in [0.29, 0.717) is 0 Å². The second-order valence-corrected chi connectivity index (χ2v) is 6.36. The van der Waals surface area contributed by atoms with Crippen LogP contribution in [0.5, 0.6) is 0 Å². The lowest BCUT2D eigenvalue weighted by Crippen LogP contribution is -2.36. The second kappa shape index (κ2) is 7.02. The number of nitrogens with zero attached hydrogens (tertiary/aromatic N) is 3. The molecule has 0 aromatic carbocycles. The van der Waals surface area contributed by atoms with E-state index in [2.05, 4.69) is 27.3 Å². The highest BCUT2D eigenvalue weighted by atomic mass is 32.1. The molecule has 1 N–H and O–H groups in total. The van der Waals surface area contributed by atoms with E-state index >= 15 is 0 Å². The van der Waals surface area contributed by atoms with E-state index in [1.165, 1.54) is 5.57 Å². The molecule has 0 radical (unpaired) electrons. The van der Waals surface area contributed by atoms with Crippen molar-refractivity contribution in [2.75, 3.05) is 31.2 Å². The zero-order valence-corrected chi connectivity index (χ0v) is 13.5. The van der Waals surface area contributed by atoms with Crippen molar-refractivity contribution in [2.45, 2.75) is 26.2 Å². The minimum atomic E-state index is -0.121. The van der Waals surface area contributed by atoms with Gasteiger partial charge in [0.1, 0.15) is 0 Å². The first kappa shape index (κ1) is 15.2. The Bertz CT molecular complexity index is 602. The molecule has 1 aromatic rings. The molecule has 0 saturated carbocycles. The highest BCUT2D eigenvalue weighted by Gasteiger charge is 2.15. The van der Waals surface area contributed by atoms with Crippen LogP contribution in [0.2, 0.25) is 0 Å². The average Bonchev–Trinajstić information content (AvgIpc) is 3.15. The Morgan fingerprint density at radius 1 is 1.45 bits per heavy atom. The maximum Gasteiger partial charge on any atom is 0.246 e. The zero-order chi connectivity index (χ0) is 15.4. The predicted octanol–water partition coefficient (Wildman–Crippen LogP) is 1.73. The summed E-state index contributed by atoms with van der Waals surface area (Å²) in [6.45, 7) is 5.27. The van der Waals surface area contributed by atoms with Crippen molar-refractivity contribution in [1.82, 2.24) is 10.4 Å². The molecule has 2 heterocycles. The molecule has 0 unspecified atom stereocenters. The predicted molar refractivity (Wildman–Crippen MR) is 87.4 cm³/mol. The number of thiazole rings is 1. The van der Waals surface area contributed by atoms with Crippen molar-refractivity contribution in [1.29, 1.82) is 0 Å². The first-order valence-corrected chi connectivity index (χ1v) is 8.38. The fraction of sp³-hybridized carbons (Fsp3) is 0.533. The minimum absolute atomic E-state index is 0.121. The van der Waals surface area contributed by atoms with Crippen LogP contribution in [0.3, 0.4) is 0 Å². The van der Waals surface area contributed by atoms with Gasteiger partial charge in [0.25, 0.3) is 0 Å². The molecule has 22 heavy (non-hydrogen) atoms. The third-order valence-electron chi connectivity index (χ3n) is 3.68. The number of amides is 1. The van der Waals surface area contributed by atoms with E-state index in [1.54, 1.807) is 11.3 Å². The number of allylic oxidation sites excluding steroid dienone is 2. The number of carbonyl (C=O) groups is 1. The van der Waals surface area contributed by atoms with Crippen molar-refractivity contribution in [3.05, 3.63) is 22.7 Å². The summed E-state index contributed by atoms with van der Waals surface area (Å²) in [4.78, 5) is 18.7.